The van der Waals surface area contributed by atoms with Gasteiger partial charge in [-0.15, -0.1) is 11.8 Å². The van der Waals surface area contributed by atoms with Crippen LogP contribution in [-0.4, -0.2) is 30.7 Å². The van der Waals surface area contributed by atoms with Gasteiger partial charge in [0.1, 0.15) is 0 Å². The van der Waals surface area contributed by atoms with Crippen LogP contribution in [0, 0.1) is 0 Å². The molecule has 2 atom stereocenters. The highest BCUT2D eigenvalue weighted by molar-refractivity contribution is 8.01. The molecule has 0 radical (unpaired) electrons. The van der Waals surface area contributed by atoms with Crippen LogP contribution in [0.1, 0.15) is 20.3 Å². The number of carbonyl (C=O) groups excluding carboxylic acids is 2. The molecule has 1 aliphatic heterocycles. The Morgan fingerprint density at radius 1 is 1.29 bits per heavy atom. The number of anilines is 2. The summed E-state index contributed by atoms with van der Waals surface area (Å²) in [5, 5.41) is 4.68. The van der Waals surface area contributed by atoms with Crippen LogP contribution in [0.4, 0.5) is 11.4 Å². The second kappa shape index (κ2) is 8.14. The van der Waals surface area contributed by atoms with Gasteiger partial charge >= 0.3 is 0 Å². The largest absolute Gasteiger partial charge is 0.326 e. The Kier molecular flexibility index (Phi) is 6.02. The van der Waals surface area contributed by atoms with E-state index in [1.54, 1.807) is 37.3 Å². The summed E-state index contributed by atoms with van der Waals surface area (Å²) in [6, 6.07) is 11.3. The van der Waals surface area contributed by atoms with Gasteiger partial charge in [-0.25, -0.2) is 8.42 Å². The molecule has 0 spiro atoms. The van der Waals surface area contributed by atoms with E-state index in [4.69, 9.17) is 11.6 Å². The van der Waals surface area contributed by atoms with Crippen LogP contribution in [0.15, 0.2) is 52.3 Å². The fourth-order valence-corrected chi connectivity index (χ4v) is 5.24. The first-order chi connectivity index (χ1) is 13.2. The molecule has 0 saturated carbocycles. The van der Waals surface area contributed by atoms with Crippen LogP contribution in [-0.2, 0) is 19.4 Å². The lowest BCUT2D eigenvalue weighted by Gasteiger charge is -2.22. The van der Waals surface area contributed by atoms with E-state index in [0.717, 1.165) is 4.90 Å². The molecule has 6 nitrogen and oxygen atoms in total. The molecule has 0 bridgehead atoms. The van der Waals surface area contributed by atoms with Crippen molar-refractivity contribution >= 4 is 56.4 Å². The molecule has 9 heteroatoms. The van der Waals surface area contributed by atoms with Gasteiger partial charge in [-0.3, -0.25) is 9.59 Å². The minimum atomic E-state index is -3.75. The van der Waals surface area contributed by atoms with Crippen molar-refractivity contribution < 1.29 is 18.0 Å². The highest BCUT2D eigenvalue weighted by atomic mass is 35.5. The number of rotatable bonds is 5. The van der Waals surface area contributed by atoms with Crippen molar-refractivity contribution in [3.63, 3.8) is 0 Å². The number of sulfone groups is 1. The third-order valence-corrected chi connectivity index (χ3v) is 7.87. The van der Waals surface area contributed by atoms with Crippen molar-refractivity contribution in [2.24, 2.45) is 0 Å². The van der Waals surface area contributed by atoms with Gasteiger partial charge in [0.05, 0.1) is 21.1 Å². The predicted molar refractivity (Wildman–Crippen MR) is 112 cm³/mol. The van der Waals surface area contributed by atoms with Gasteiger partial charge in [-0.2, -0.15) is 0 Å². The molecule has 2 aromatic carbocycles. The van der Waals surface area contributed by atoms with E-state index in [1.165, 1.54) is 30.8 Å². The average Bonchev–Trinajstić information content (AvgIpc) is 2.62. The Morgan fingerprint density at radius 2 is 2.04 bits per heavy atom. The Balaban J connectivity index is 1.74. The molecule has 2 N–H and O–H groups in total. The number of hydrogen-bond acceptors (Lipinski definition) is 5. The van der Waals surface area contributed by atoms with Gasteiger partial charge in [-0.05, 0) is 50.2 Å². The normalized spacial score (nSPS) is 17.4. The highest BCUT2D eigenvalue weighted by Crippen LogP contribution is 2.37. The number of thioether (sulfide) groups is 1. The smallest absolute Gasteiger partial charge is 0.237 e. The summed E-state index contributed by atoms with van der Waals surface area (Å²) >= 11 is 7.26. The quantitative estimate of drug-likeness (QED) is 0.737. The number of benzene rings is 2. The van der Waals surface area contributed by atoms with Crippen LogP contribution in [0.2, 0.25) is 5.02 Å². The summed E-state index contributed by atoms with van der Waals surface area (Å²) in [7, 11) is -3.75. The second-order valence-corrected chi connectivity index (χ2v) is 10.7. The molecule has 0 fully saturated rings. The molecule has 2 amide bonds. The summed E-state index contributed by atoms with van der Waals surface area (Å²) in [6.07, 6.45) is -0.204. The Bertz CT molecular complexity index is 1040. The molecular formula is C19H19ClN2O4S2. The lowest BCUT2D eigenvalue weighted by molar-refractivity contribution is -0.116. The molecule has 0 saturated heterocycles. The first kappa shape index (κ1) is 20.7. The number of nitrogens with one attached hydrogen (secondary N) is 2. The van der Waals surface area contributed by atoms with E-state index < -0.39 is 21.0 Å². The van der Waals surface area contributed by atoms with Gasteiger partial charge in [0, 0.05) is 22.0 Å². The fourth-order valence-electron chi connectivity index (χ4n) is 2.75. The summed E-state index contributed by atoms with van der Waals surface area (Å²) in [5.41, 5.74) is 0.981. The van der Waals surface area contributed by atoms with Crippen LogP contribution < -0.4 is 10.6 Å². The third kappa shape index (κ3) is 4.51. The van der Waals surface area contributed by atoms with Crippen molar-refractivity contribution in [2.75, 3.05) is 10.6 Å². The second-order valence-electron chi connectivity index (χ2n) is 6.53. The van der Waals surface area contributed by atoms with Crippen molar-refractivity contribution in [3.05, 3.63) is 47.5 Å². The molecular weight excluding hydrogens is 420 g/mol. The third-order valence-electron chi connectivity index (χ3n) is 4.32. The molecule has 148 valence electrons. The molecule has 0 aromatic heterocycles. The number of halogens is 1. The van der Waals surface area contributed by atoms with E-state index in [0.29, 0.717) is 16.4 Å². The Hall–Kier alpha value is -2.03. The molecule has 3 rings (SSSR count). The molecule has 0 unspecified atom stereocenters. The SMILES string of the molecule is C[C@H]1Sc2ccc(S(=O)(=O)[C@@H](C)CC(=O)Nc3cccc(Cl)c3)cc2NC1=O. The van der Waals surface area contributed by atoms with E-state index in [9.17, 15) is 18.0 Å². The molecule has 0 aliphatic carbocycles. The fraction of sp³-hybridized carbons (Fsp3) is 0.263. The maximum atomic E-state index is 12.9. The Labute approximate surface area is 173 Å². The molecule has 28 heavy (non-hydrogen) atoms. The predicted octanol–water partition coefficient (Wildman–Crippen LogP) is 3.96. The highest BCUT2D eigenvalue weighted by Gasteiger charge is 2.29. The standard InChI is InChI=1S/C19H19ClN2O4S2/c1-11(8-18(23)21-14-5-3-4-13(20)9-14)28(25,26)15-6-7-17-16(10-15)22-19(24)12(2)27-17/h3-7,9-12H,8H2,1-2H3,(H,21,23)(H,22,24)/t11-,12+/m0/s1. The lowest BCUT2D eigenvalue weighted by Crippen LogP contribution is -2.27. The van der Waals surface area contributed by atoms with Crippen LogP contribution in [0.3, 0.4) is 0 Å². The number of carbonyl (C=O) groups is 2. The maximum Gasteiger partial charge on any atom is 0.237 e. The van der Waals surface area contributed by atoms with Crippen LogP contribution in [0.5, 0.6) is 0 Å². The van der Waals surface area contributed by atoms with Gasteiger partial charge in [0.15, 0.2) is 9.84 Å². The first-order valence-electron chi connectivity index (χ1n) is 8.57. The van der Waals surface area contributed by atoms with Crippen molar-refractivity contribution in [1.82, 2.24) is 0 Å². The van der Waals surface area contributed by atoms with Crippen molar-refractivity contribution in [1.29, 1.82) is 0 Å². The molecule has 1 aliphatic rings. The van der Waals surface area contributed by atoms with E-state index in [1.807, 2.05) is 0 Å². The number of fused-ring (bicyclic) bond motifs is 1. The van der Waals surface area contributed by atoms with Gasteiger partial charge in [-0.1, -0.05) is 17.7 Å². The first-order valence-corrected chi connectivity index (χ1v) is 11.4. The maximum absolute atomic E-state index is 12.9. The van der Waals surface area contributed by atoms with Gasteiger partial charge < -0.3 is 10.6 Å². The zero-order valence-corrected chi connectivity index (χ0v) is 17.6. The Morgan fingerprint density at radius 3 is 2.75 bits per heavy atom. The summed E-state index contributed by atoms with van der Waals surface area (Å²) < 4.78 is 25.8. The van der Waals surface area contributed by atoms with Crippen LogP contribution >= 0.6 is 23.4 Å². The molecule has 1 heterocycles. The van der Waals surface area contributed by atoms with Crippen molar-refractivity contribution in [2.45, 2.75) is 40.6 Å². The van der Waals surface area contributed by atoms with E-state index in [2.05, 4.69) is 10.6 Å². The zero-order valence-electron chi connectivity index (χ0n) is 15.2. The van der Waals surface area contributed by atoms with E-state index >= 15 is 0 Å². The topological polar surface area (TPSA) is 92.3 Å². The van der Waals surface area contributed by atoms with Gasteiger partial charge in [0.2, 0.25) is 11.8 Å². The summed E-state index contributed by atoms with van der Waals surface area (Å²) in [4.78, 5) is 25.0. The zero-order chi connectivity index (χ0) is 20.5. The van der Waals surface area contributed by atoms with Gasteiger partial charge in [0.25, 0.3) is 0 Å². The minimum Gasteiger partial charge on any atom is -0.326 e. The number of amides is 2. The molecule has 2 aromatic rings. The van der Waals surface area contributed by atoms with E-state index in [-0.39, 0.29) is 22.5 Å². The lowest BCUT2D eigenvalue weighted by atomic mass is 10.3. The van der Waals surface area contributed by atoms with Crippen LogP contribution in [0.25, 0.3) is 0 Å². The summed E-state index contributed by atoms with van der Waals surface area (Å²) in [5.74, 6) is -0.588. The minimum absolute atomic E-state index is 0.0739. The summed E-state index contributed by atoms with van der Waals surface area (Å²) in [6.45, 7) is 3.27. The monoisotopic (exact) mass is 438 g/mol. The number of hydrogen-bond donors (Lipinski definition) is 2. The average molecular weight is 439 g/mol. The van der Waals surface area contributed by atoms with Crippen molar-refractivity contribution in [3.8, 4) is 0 Å².